The molecule has 3 rings (SSSR count). The van der Waals surface area contributed by atoms with Gasteiger partial charge in [-0.1, -0.05) is 0 Å². The van der Waals surface area contributed by atoms with Gasteiger partial charge in [-0.05, 0) is 31.2 Å². The lowest BCUT2D eigenvalue weighted by molar-refractivity contribution is -0.125. The van der Waals surface area contributed by atoms with E-state index in [4.69, 9.17) is 4.74 Å². The Morgan fingerprint density at radius 1 is 1.43 bits per heavy atom. The van der Waals surface area contributed by atoms with Crippen LogP contribution in [-0.2, 0) is 16.1 Å². The van der Waals surface area contributed by atoms with Crippen molar-refractivity contribution in [1.29, 1.82) is 0 Å². The Balaban J connectivity index is 1.58. The fraction of sp³-hybridized carbons (Fsp3) is 0.333. The van der Waals surface area contributed by atoms with Crippen molar-refractivity contribution in [3.63, 3.8) is 0 Å². The average Bonchev–Trinajstić information content (AvgIpc) is 2.97. The SMILES string of the molecule is CCOc1ccc(NC(=O)CC2Cn3ncnc3NC2=O)cc1. The molecule has 8 nitrogen and oxygen atoms in total. The molecule has 8 heteroatoms. The summed E-state index contributed by atoms with van der Waals surface area (Å²) >= 11 is 0. The van der Waals surface area contributed by atoms with E-state index in [-0.39, 0.29) is 18.2 Å². The van der Waals surface area contributed by atoms with Gasteiger partial charge in [-0.3, -0.25) is 14.9 Å². The van der Waals surface area contributed by atoms with Crippen molar-refractivity contribution >= 4 is 23.5 Å². The van der Waals surface area contributed by atoms with Crippen LogP contribution in [0.4, 0.5) is 11.6 Å². The predicted molar refractivity (Wildman–Crippen MR) is 83.0 cm³/mol. The number of fused-ring (bicyclic) bond motifs is 1. The molecule has 1 aromatic carbocycles. The highest BCUT2D eigenvalue weighted by atomic mass is 16.5. The van der Waals surface area contributed by atoms with E-state index in [1.54, 1.807) is 28.9 Å². The molecular formula is C15H17N5O3. The lowest BCUT2D eigenvalue weighted by Crippen LogP contribution is -2.36. The molecule has 1 atom stereocenters. The first-order valence-corrected chi connectivity index (χ1v) is 7.37. The maximum Gasteiger partial charge on any atom is 0.232 e. The molecular weight excluding hydrogens is 298 g/mol. The number of nitrogens with zero attached hydrogens (tertiary/aromatic N) is 3. The van der Waals surface area contributed by atoms with Crippen LogP contribution in [0.15, 0.2) is 30.6 Å². The fourth-order valence-electron chi connectivity index (χ4n) is 2.39. The maximum absolute atomic E-state index is 12.1. The quantitative estimate of drug-likeness (QED) is 0.866. The van der Waals surface area contributed by atoms with E-state index in [2.05, 4.69) is 20.7 Å². The van der Waals surface area contributed by atoms with Crippen LogP contribution in [0.3, 0.4) is 0 Å². The third-order valence-corrected chi connectivity index (χ3v) is 3.50. The van der Waals surface area contributed by atoms with Crippen LogP contribution >= 0.6 is 0 Å². The lowest BCUT2D eigenvalue weighted by Gasteiger charge is -2.21. The van der Waals surface area contributed by atoms with Gasteiger partial charge in [-0.15, -0.1) is 0 Å². The molecule has 0 saturated carbocycles. The highest BCUT2D eigenvalue weighted by molar-refractivity contribution is 5.98. The molecule has 2 aromatic rings. The van der Waals surface area contributed by atoms with Crippen LogP contribution in [0.25, 0.3) is 0 Å². The molecule has 1 aliphatic rings. The minimum absolute atomic E-state index is 0.0817. The Hall–Kier alpha value is -2.90. The van der Waals surface area contributed by atoms with E-state index in [0.717, 1.165) is 5.75 Å². The number of benzene rings is 1. The number of hydrogen-bond acceptors (Lipinski definition) is 5. The van der Waals surface area contributed by atoms with Crippen LogP contribution in [0.5, 0.6) is 5.75 Å². The summed E-state index contributed by atoms with van der Waals surface area (Å²) in [6.07, 6.45) is 1.45. The van der Waals surface area contributed by atoms with E-state index < -0.39 is 5.92 Å². The standard InChI is InChI=1S/C15H17N5O3/c1-2-23-12-5-3-11(4-6-12)18-13(21)7-10-8-20-15(16-9-17-20)19-14(10)22/h3-6,9-10H,2,7-8H2,1H3,(H,18,21)(H,16,17,19,22). The molecule has 2 heterocycles. The second-order valence-electron chi connectivity index (χ2n) is 5.16. The van der Waals surface area contributed by atoms with E-state index in [1.165, 1.54) is 6.33 Å². The molecule has 0 spiro atoms. The Morgan fingerprint density at radius 2 is 2.22 bits per heavy atom. The Kier molecular flexibility index (Phi) is 4.22. The number of rotatable bonds is 5. The first-order valence-electron chi connectivity index (χ1n) is 7.37. The second-order valence-corrected chi connectivity index (χ2v) is 5.16. The van der Waals surface area contributed by atoms with Crippen molar-refractivity contribution in [2.75, 3.05) is 17.2 Å². The molecule has 2 amide bonds. The van der Waals surface area contributed by atoms with Crippen molar-refractivity contribution in [2.24, 2.45) is 5.92 Å². The number of ether oxygens (including phenoxy) is 1. The van der Waals surface area contributed by atoms with Gasteiger partial charge in [0.25, 0.3) is 0 Å². The summed E-state index contributed by atoms with van der Waals surface area (Å²) in [5.74, 6) is 0.256. The summed E-state index contributed by atoms with van der Waals surface area (Å²) in [6.45, 7) is 2.84. The highest BCUT2D eigenvalue weighted by Gasteiger charge is 2.29. The topological polar surface area (TPSA) is 98.1 Å². The minimum atomic E-state index is -0.466. The van der Waals surface area contributed by atoms with Gasteiger partial charge in [-0.2, -0.15) is 10.1 Å². The molecule has 0 radical (unpaired) electrons. The first kappa shape index (κ1) is 15.0. The minimum Gasteiger partial charge on any atom is -0.494 e. The molecule has 0 aliphatic carbocycles. The molecule has 1 unspecified atom stereocenters. The van der Waals surface area contributed by atoms with E-state index in [0.29, 0.717) is 24.8 Å². The molecule has 2 N–H and O–H groups in total. The second kappa shape index (κ2) is 6.47. The normalized spacial score (nSPS) is 16.4. The summed E-state index contributed by atoms with van der Waals surface area (Å²) in [7, 11) is 0. The largest absolute Gasteiger partial charge is 0.494 e. The first-order chi connectivity index (χ1) is 11.2. The van der Waals surface area contributed by atoms with Crippen LogP contribution in [0.2, 0.25) is 0 Å². The summed E-state index contributed by atoms with van der Waals surface area (Å²) in [6, 6.07) is 7.10. The molecule has 0 saturated heterocycles. The monoisotopic (exact) mass is 315 g/mol. The third kappa shape index (κ3) is 3.47. The molecule has 120 valence electrons. The number of carbonyl (C=O) groups is 2. The predicted octanol–water partition coefficient (Wildman–Crippen LogP) is 1.27. The number of aromatic nitrogens is 3. The molecule has 1 aromatic heterocycles. The fourth-order valence-corrected chi connectivity index (χ4v) is 2.39. The summed E-state index contributed by atoms with van der Waals surface area (Å²) in [5.41, 5.74) is 0.663. The highest BCUT2D eigenvalue weighted by Crippen LogP contribution is 2.20. The van der Waals surface area contributed by atoms with Crippen molar-refractivity contribution in [3.05, 3.63) is 30.6 Å². The summed E-state index contributed by atoms with van der Waals surface area (Å²) < 4.78 is 6.93. The maximum atomic E-state index is 12.1. The van der Waals surface area contributed by atoms with Crippen LogP contribution < -0.4 is 15.4 Å². The van der Waals surface area contributed by atoms with Crippen molar-refractivity contribution < 1.29 is 14.3 Å². The number of amides is 2. The Bertz CT molecular complexity index is 710. The van der Waals surface area contributed by atoms with Crippen LogP contribution in [-0.4, -0.2) is 33.2 Å². The van der Waals surface area contributed by atoms with Gasteiger partial charge in [-0.25, -0.2) is 4.68 Å². The third-order valence-electron chi connectivity index (χ3n) is 3.50. The van der Waals surface area contributed by atoms with Gasteiger partial charge in [0.05, 0.1) is 19.1 Å². The average molecular weight is 315 g/mol. The zero-order valence-corrected chi connectivity index (χ0v) is 12.7. The van der Waals surface area contributed by atoms with Crippen LogP contribution in [0, 0.1) is 5.92 Å². The Morgan fingerprint density at radius 3 is 2.96 bits per heavy atom. The number of anilines is 2. The molecule has 0 fully saturated rings. The lowest BCUT2D eigenvalue weighted by atomic mass is 10.0. The van der Waals surface area contributed by atoms with Crippen molar-refractivity contribution in [1.82, 2.24) is 14.8 Å². The zero-order chi connectivity index (χ0) is 16.2. The smallest absolute Gasteiger partial charge is 0.232 e. The van der Waals surface area contributed by atoms with Crippen molar-refractivity contribution in [3.8, 4) is 5.75 Å². The molecule has 0 bridgehead atoms. The molecule has 1 aliphatic heterocycles. The van der Waals surface area contributed by atoms with Gasteiger partial charge in [0.1, 0.15) is 12.1 Å². The Labute approximate surface area is 132 Å². The van der Waals surface area contributed by atoms with Gasteiger partial charge in [0.2, 0.25) is 17.8 Å². The van der Waals surface area contributed by atoms with Gasteiger partial charge >= 0.3 is 0 Å². The van der Waals surface area contributed by atoms with Gasteiger partial charge < -0.3 is 10.1 Å². The number of carbonyl (C=O) groups excluding carboxylic acids is 2. The van der Waals surface area contributed by atoms with E-state index >= 15 is 0 Å². The number of nitrogens with one attached hydrogen (secondary N) is 2. The number of hydrogen-bond donors (Lipinski definition) is 2. The van der Waals surface area contributed by atoms with Crippen LogP contribution in [0.1, 0.15) is 13.3 Å². The molecule has 23 heavy (non-hydrogen) atoms. The van der Waals surface area contributed by atoms with E-state index in [9.17, 15) is 9.59 Å². The summed E-state index contributed by atoms with van der Waals surface area (Å²) in [5, 5.41) is 9.42. The van der Waals surface area contributed by atoms with E-state index in [1.807, 2.05) is 6.92 Å². The zero-order valence-electron chi connectivity index (χ0n) is 12.7. The summed E-state index contributed by atoms with van der Waals surface area (Å²) in [4.78, 5) is 28.0. The van der Waals surface area contributed by atoms with Crippen molar-refractivity contribution in [2.45, 2.75) is 19.9 Å². The van der Waals surface area contributed by atoms with Gasteiger partial charge in [0, 0.05) is 12.1 Å². The van der Waals surface area contributed by atoms with Gasteiger partial charge in [0.15, 0.2) is 0 Å².